The fraction of sp³-hybridized carbons (Fsp3) is 0.125. The molecule has 1 saturated heterocycles. The van der Waals surface area contributed by atoms with Crippen molar-refractivity contribution < 1.29 is 9.59 Å². The first kappa shape index (κ1) is 16.5. The number of amides is 2. The summed E-state index contributed by atoms with van der Waals surface area (Å²) in [4.78, 5) is 25.9. The van der Waals surface area contributed by atoms with Crippen molar-refractivity contribution in [2.24, 2.45) is 0 Å². The first-order valence-corrected chi connectivity index (χ1v) is 9.16. The van der Waals surface area contributed by atoms with Crippen LogP contribution in [0.15, 0.2) is 54.6 Å². The van der Waals surface area contributed by atoms with Crippen molar-refractivity contribution in [2.75, 3.05) is 10.2 Å². The molecule has 4 nitrogen and oxygen atoms in total. The van der Waals surface area contributed by atoms with E-state index in [0.717, 1.165) is 11.4 Å². The third-order valence-corrected chi connectivity index (χ3v) is 5.09. The summed E-state index contributed by atoms with van der Waals surface area (Å²) in [5.41, 5.74) is 2.53. The summed E-state index contributed by atoms with van der Waals surface area (Å²) in [5.74, 6) is -0.503. The summed E-state index contributed by atoms with van der Waals surface area (Å²) < 4.78 is 0.0630. The Morgan fingerprint density at radius 3 is 2.22 bits per heavy atom. The number of anilines is 3. The molecule has 1 aliphatic rings. The normalized spacial score (nSPS) is 17.5. The van der Waals surface area contributed by atoms with Gasteiger partial charge in [0, 0.05) is 23.6 Å². The summed E-state index contributed by atoms with van der Waals surface area (Å²) in [7, 11) is 2.60. The first-order chi connectivity index (χ1) is 11.1. The molecule has 1 heterocycles. The molecule has 116 valence electrons. The first-order valence-electron chi connectivity index (χ1n) is 7.25. The zero-order valence-corrected chi connectivity index (χ0v) is 15.6. The predicted molar refractivity (Wildman–Crippen MR) is 107 cm³/mol. The van der Waals surface area contributed by atoms with Crippen LogP contribution in [-0.2, 0) is 9.59 Å². The van der Waals surface area contributed by atoms with Gasteiger partial charge in [-0.2, -0.15) is 9.12 Å². The highest BCUT2D eigenvalue weighted by molar-refractivity contribution is 14.1. The van der Waals surface area contributed by atoms with Crippen molar-refractivity contribution in [3.8, 4) is 0 Å². The molecule has 1 fully saturated rings. The Morgan fingerprint density at radius 1 is 1.04 bits per heavy atom. The van der Waals surface area contributed by atoms with Gasteiger partial charge in [-0.15, -0.1) is 22.4 Å². The van der Waals surface area contributed by atoms with Crippen LogP contribution >= 0.6 is 31.5 Å². The van der Waals surface area contributed by atoms with Crippen LogP contribution in [0.4, 0.5) is 17.1 Å². The highest BCUT2D eigenvalue weighted by atomic mass is 127. The van der Waals surface area contributed by atoms with Crippen molar-refractivity contribution in [3.05, 3.63) is 54.6 Å². The number of hydrogen-bond acceptors (Lipinski definition) is 3. The van der Waals surface area contributed by atoms with Gasteiger partial charge in [-0.25, -0.2) is 0 Å². The molecule has 1 N–H and O–H groups in total. The fourth-order valence-corrected chi connectivity index (χ4v) is 3.42. The van der Waals surface area contributed by atoms with E-state index in [-0.39, 0.29) is 28.3 Å². The molecule has 0 radical (unpaired) electrons. The van der Waals surface area contributed by atoms with E-state index in [1.165, 1.54) is 4.90 Å². The molecular formula is C16H15BIN2O2P. The van der Waals surface area contributed by atoms with Crippen LogP contribution in [0, 0.1) is 0 Å². The van der Waals surface area contributed by atoms with E-state index < -0.39 is 0 Å². The summed E-state index contributed by atoms with van der Waals surface area (Å²) in [6, 6.07) is 17.2. The molecule has 3 rings (SSSR count). The molecule has 0 spiro atoms. The van der Waals surface area contributed by atoms with Gasteiger partial charge in [-0.1, -0.05) is 18.2 Å². The van der Waals surface area contributed by atoms with Gasteiger partial charge >= 0.3 is 0 Å². The lowest BCUT2D eigenvalue weighted by molar-refractivity contribution is -0.121. The van der Waals surface area contributed by atoms with Gasteiger partial charge in [-0.3, -0.25) is 14.5 Å². The van der Waals surface area contributed by atoms with Gasteiger partial charge in [0.2, 0.25) is 11.8 Å². The third-order valence-electron chi connectivity index (χ3n) is 3.75. The van der Waals surface area contributed by atoms with Gasteiger partial charge < -0.3 is 5.32 Å². The lowest BCUT2D eigenvalue weighted by atomic mass is 9.84. The highest BCUT2D eigenvalue weighted by Gasteiger charge is 2.42. The molecule has 2 unspecified atom stereocenters. The van der Waals surface area contributed by atoms with E-state index in [9.17, 15) is 9.59 Å². The van der Waals surface area contributed by atoms with Crippen LogP contribution in [-0.4, -0.2) is 16.1 Å². The standard InChI is InChI=1S/C16H15BIN2O2P/c18-17(23)14-10-15(21)20(16(14)22)13-8-6-12(7-9-13)19-11-4-2-1-3-5-11/h1-9,14,19H,10,23H2. The molecule has 2 aromatic carbocycles. The average Bonchev–Trinajstić information content (AvgIpc) is 2.84. The molecule has 7 heteroatoms. The van der Waals surface area contributed by atoms with E-state index in [1.54, 1.807) is 12.1 Å². The largest absolute Gasteiger partial charge is 0.356 e. The van der Waals surface area contributed by atoms with Gasteiger partial charge in [0.15, 0.2) is 0 Å². The number of carbonyl (C=O) groups is 2. The predicted octanol–water partition coefficient (Wildman–Crippen LogP) is 3.86. The summed E-state index contributed by atoms with van der Waals surface area (Å²) in [6.07, 6.45) is 0.278. The van der Waals surface area contributed by atoms with Gasteiger partial charge in [0.25, 0.3) is 4.29 Å². The monoisotopic (exact) mass is 436 g/mol. The highest BCUT2D eigenvalue weighted by Crippen LogP contribution is 2.36. The molecule has 23 heavy (non-hydrogen) atoms. The van der Waals surface area contributed by atoms with Crippen molar-refractivity contribution in [1.29, 1.82) is 0 Å². The minimum atomic E-state index is -0.254. The average molecular weight is 436 g/mol. The summed E-state index contributed by atoms with van der Waals surface area (Å²) in [6.45, 7) is 0. The molecule has 0 aliphatic carbocycles. The zero-order chi connectivity index (χ0) is 16.4. The van der Waals surface area contributed by atoms with Crippen LogP contribution in [0.5, 0.6) is 0 Å². The maximum atomic E-state index is 12.4. The minimum Gasteiger partial charge on any atom is -0.356 e. The van der Waals surface area contributed by atoms with Crippen LogP contribution in [0.2, 0.25) is 5.82 Å². The third kappa shape index (κ3) is 3.58. The Bertz CT molecular complexity index is 725. The lowest BCUT2D eigenvalue weighted by Gasteiger charge is -2.16. The van der Waals surface area contributed by atoms with E-state index in [1.807, 2.05) is 42.5 Å². The molecule has 0 aromatic heterocycles. The smallest absolute Gasteiger partial charge is 0.252 e. The van der Waals surface area contributed by atoms with Crippen LogP contribution < -0.4 is 10.2 Å². The second-order valence-electron chi connectivity index (χ2n) is 5.36. The van der Waals surface area contributed by atoms with E-state index in [4.69, 9.17) is 0 Å². The van der Waals surface area contributed by atoms with E-state index in [0.29, 0.717) is 5.69 Å². The number of benzene rings is 2. The number of carbonyl (C=O) groups excluding carboxylic acids is 2. The Balaban J connectivity index is 1.77. The SMILES string of the molecule is O=C1CC(B(P)I)C(=O)N1c1ccc(Nc2ccccc2)cc1. The van der Waals surface area contributed by atoms with Crippen LogP contribution in [0.3, 0.4) is 0 Å². The van der Waals surface area contributed by atoms with Crippen molar-refractivity contribution in [3.63, 3.8) is 0 Å². The maximum absolute atomic E-state index is 12.4. The number of rotatable bonds is 4. The number of imide groups is 1. The number of nitrogens with zero attached hydrogens (tertiary/aromatic N) is 1. The van der Waals surface area contributed by atoms with Crippen molar-refractivity contribution >= 4 is 64.7 Å². The fourth-order valence-electron chi connectivity index (χ4n) is 2.56. The molecule has 2 amide bonds. The van der Waals surface area contributed by atoms with Gasteiger partial charge in [0.05, 0.1) is 5.69 Å². The molecule has 1 aliphatic heterocycles. The second kappa shape index (κ2) is 7.01. The number of nitrogens with one attached hydrogen (secondary N) is 1. The summed E-state index contributed by atoms with van der Waals surface area (Å²) >= 11 is 2.17. The second-order valence-corrected chi connectivity index (χ2v) is 8.87. The van der Waals surface area contributed by atoms with Gasteiger partial charge in [0.1, 0.15) is 0 Å². The van der Waals surface area contributed by atoms with E-state index in [2.05, 4.69) is 36.8 Å². The van der Waals surface area contributed by atoms with Gasteiger partial charge in [-0.05, 0) is 36.4 Å². The maximum Gasteiger partial charge on any atom is 0.252 e. The lowest BCUT2D eigenvalue weighted by Crippen LogP contribution is -2.30. The number of para-hydroxylation sites is 1. The van der Waals surface area contributed by atoms with Crippen LogP contribution in [0.1, 0.15) is 6.42 Å². The number of hydrogen-bond donors (Lipinski definition) is 1. The molecule has 2 atom stereocenters. The Morgan fingerprint density at radius 2 is 1.65 bits per heavy atom. The Labute approximate surface area is 151 Å². The van der Waals surface area contributed by atoms with Crippen molar-refractivity contribution in [1.82, 2.24) is 0 Å². The molecule has 0 saturated carbocycles. The van der Waals surface area contributed by atoms with E-state index >= 15 is 0 Å². The molecule has 2 aromatic rings. The van der Waals surface area contributed by atoms with Crippen LogP contribution in [0.25, 0.3) is 0 Å². The number of halogens is 1. The minimum absolute atomic E-state index is 0.0630. The quantitative estimate of drug-likeness (QED) is 0.343. The Kier molecular flexibility index (Phi) is 5.02. The Hall–Kier alpha value is -1.40. The molecule has 0 bridgehead atoms. The zero-order valence-electron chi connectivity index (χ0n) is 12.3. The topological polar surface area (TPSA) is 49.4 Å². The molecular weight excluding hydrogens is 421 g/mol. The summed E-state index contributed by atoms with van der Waals surface area (Å²) in [5, 5.41) is 3.28. The van der Waals surface area contributed by atoms with Crippen molar-refractivity contribution in [2.45, 2.75) is 12.2 Å².